The highest BCUT2D eigenvalue weighted by molar-refractivity contribution is 8.01. The van der Waals surface area contributed by atoms with Crippen LogP contribution < -0.4 is 5.32 Å². The van der Waals surface area contributed by atoms with Gasteiger partial charge in [0.2, 0.25) is 11.8 Å². The number of benzene rings is 2. The second-order valence-electron chi connectivity index (χ2n) is 5.64. The number of fused-ring (bicyclic) bond motifs is 1. The van der Waals surface area contributed by atoms with E-state index in [1.54, 1.807) is 25.2 Å². The van der Waals surface area contributed by atoms with E-state index < -0.39 is 5.25 Å². The number of carbonyl (C=O) groups excluding carboxylic acids is 2. The summed E-state index contributed by atoms with van der Waals surface area (Å²) in [7, 11) is 1.62. The smallest absolute Gasteiger partial charge is 0.238 e. The summed E-state index contributed by atoms with van der Waals surface area (Å²) in [5, 5.41) is 2.35. The minimum absolute atomic E-state index is 0.0792. The van der Waals surface area contributed by atoms with Crippen molar-refractivity contribution in [3.63, 3.8) is 0 Å². The van der Waals surface area contributed by atoms with Crippen molar-refractivity contribution in [3.8, 4) is 0 Å². The Bertz CT molecular complexity index is 781. The summed E-state index contributed by atoms with van der Waals surface area (Å²) >= 11 is 1.39. The fraction of sp³-hybridized carbons (Fsp3) is 0.222. The molecule has 1 N–H and O–H groups in total. The number of thioether (sulfide) groups is 1. The summed E-state index contributed by atoms with van der Waals surface area (Å²) in [6.45, 7) is 0.182. The van der Waals surface area contributed by atoms with Gasteiger partial charge in [0.25, 0.3) is 0 Å². The predicted molar refractivity (Wildman–Crippen MR) is 92.2 cm³/mol. The van der Waals surface area contributed by atoms with E-state index in [1.165, 1.54) is 22.7 Å². The van der Waals surface area contributed by atoms with E-state index in [-0.39, 0.29) is 30.6 Å². The van der Waals surface area contributed by atoms with Crippen LogP contribution in [0.1, 0.15) is 12.0 Å². The number of nitrogens with zero attached hydrogens (tertiary/aromatic N) is 1. The molecule has 2 amide bonds. The van der Waals surface area contributed by atoms with Gasteiger partial charge in [-0.1, -0.05) is 30.3 Å². The number of carbonyl (C=O) groups is 2. The predicted octanol–water partition coefficient (Wildman–Crippen LogP) is 3.29. The summed E-state index contributed by atoms with van der Waals surface area (Å²) in [6, 6.07) is 13.9. The molecule has 0 saturated carbocycles. The molecular weight excluding hydrogens is 327 g/mol. The zero-order valence-corrected chi connectivity index (χ0v) is 14.0. The van der Waals surface area contributed by atoms with Crippen molar-refractivity contribution in [2.75, 3.05) is 12.4 Å². The first kappa shape index (κ1) is 16.5. The highest BCUT2D eigenvalue weighted by Crippen LogP contribution is 2.36. The highest BCUT2D eigenvalue weighted by Gasteiger charge is 2.29. The van der Waals surface area contributed by atoms with Gasteiger partial charge >= 0.3 is 0 Å². The van der Waals surface area contributed by atoms with Crippen LogP contribution in [0.4, 0.5) is 10.1 Å². The van der Waals surface area contributed by atoms with Crippen LogP contribution in [-0.4, -0.2) is 29.0 Å². The Kier molecular flexibility index (Phi) is 4.85. The zero-order chi connectivity index (χ0) is 17.1. The van der Waals surface area contributed by atoms with Crippen molar-refractivity contribution < 1.29 is 14.0 Å². The third-order valence-electron chi connectivity index (χ3n) is 3.86. The number of para-hydroxylation sites is 1. The van der Waals surface area contributed by atoms with E-state index in [0.717, 1.165) is 10.6 Å². The van der Waals surface area contributed by atoms with Gasteiger partial charge in [-0.25, -0.2) is 4.39 Å². The van der Waals surface area contributed by atoms with Crippen LogP contribution in [0, 0.1) is 5.82 Å². The molecule has 0 aromatic heterocycles. The Morgan fingerprint density at radius 3 is 2.71 bits per heavy atom. The molecule has 1 heterocycles. The lowest BCUT2D eigenvalue weighted by molar-refractivity contribution is -0.131. The van der Waals surface area contributed by atoms with E-state index in [4.69, 9.17) is 0 Å². The molecule has 0 unspecified atom stereocenters. The second kappa shape index (κ2) is 7.05. The van der Waals surface area contributed by atoms with Crippen LogP contribution in [0.15, 0.2) is 53.4 Å². The van der Waals surface area contributed by atoms with Crippen molar-refractivity contribution in [1.29, 1.82) is 0 Å². The molecule has 0 aliphatic carbocycles. The van der Waals surface area contributed by atoms with Gasteiger partial charge in [-0.2, -0.15) is 0 Å². The van der Waals surface area contributed by atoms with Gasteiger partial charge in [0, 0.05) is 30.5 Å². The molecule has 0 radical (unpaired) electrons. The normalized spacial score (nSPS) is 16.2. The first-order valence-electron chi connectivity index (χ1n) is 7.58. The molecule has 0 spiro atoms. The number of anilines is 1. The third-order valence-corrected chi connectivity index (χ3v) is 5.13. The monoisotopic (exact) mass is 344 g/mol. The Labute approximate surface area is 144 Å². The van der Waals surface area contributed by atoms with Gasteiger partial charge in [0.1, 0.15) is 5.82 Å². The summed E-state index contributed by atoms with van der Waals surface area (Å²) in [4.78, 5) is 27.0. The summed E-state index contributed by atoms with van der Waals surface area (Å²) in [5.41, 5.74) is 1.23. The number of hydrogen-bond acceptors (Lipinski definition) is 3. The van der Waals surface area contributed by atoms with Crippen LogP contribution in [-0.2, 0) is 16.1 Å². The van der Waals surface area contributed by atoms with Gasteiger partial charge in [0.15, 0.2) is 0 Å². The third kappa shape index (κ3) is 3.59. The van der Waals surface area contributed by atoms with Crippen LogP contribution in [0.25, 0.3) is 0 Å². The summed E-state index contributed by atoms with van der Waals surface area (Å²) in [5.74, 6) is -0.701. The lowest BCUT2D eigenvalue weighted by atomic mass is 10.2. The van der Waals surface area contributed by atoms with Crippen LogP contribution >= 0.6 is 11.8 Å². The molecule has 0 saturated heterocycles. The molecule has 0 fully saturated rings. The maximum Gasteiger partial charge on any atom is 0.238 e. The Morgan fingerprint density at radius 1 is 1.21 bits per heavy atom. The molecule has 2 aromatic rings. The number of hydrogen-bond donors (Lipinski definition) is 1. The van der Waals surface area contributed by atoms with Crippen molar-refractivity contribution >= 4 is 29.3 Å². The van der Waals surface area contributed by atoms with Crippen LogP contribution in [0.2, 0.25) is 0 Å². The van der Waals surface area contributed by atoms with Gasteiger partial charge in [0.05, 0.1) is 10.9 Å². The molecule has 1 atom stereocenters. The number of halogens is 1. The van der Waals surface area contributed by atoms with E-state index in [2.05, 4.69) is 5.32 Å². The molecule has 124 valence electrons. The van der Waals surface area contributed by atoms with Crippen molar-refractivity contribution in [2.45, 2.75) is 23.1 Å². The molecule has 2 aromatic carbocycles. The van der Waals surface area contributed by atoms with E-state index in [9.17, 15) is 14.0 Å². The lowest BCUT2D eigenvalue weighted by Gasteiger charge is -2.25. The number of rotatable bonds is 4. The first-order valence-corrected chi connectivity index (χ1v) is 8.46. The molecule has 4 nitrogen and oxygen atoms in total. The van der Waals surface area contributed by atoms with Gasteiger partial charge in [-0.3, -0.25) is 9.59 Å². The quantitative estimate of drug-likeness (QED) is 0.926. The lowest BCUT2D eigenvalue weighted by Crippen LogP contribution is -2.35. The Morgan fingerprint density at radius 2 is 1.92 bits per heavy atom. The minimum Gasteiger partial charge on any atom is -0.341 e. The van der Waals surface area contributed by atoms with Gasteiger partial charge in [-0.15, -0.1) is 11.8 Å². The largest absolute Gasteiger partial charge is 0.341 e. The number of amides is 2. The molecule has 3 rings (SSSR count). The van der Waals surface area contributed by atoms with E-state index in [1.807, 2.05) is 24.3 Å². The first-order chi connectivity index (χ1) is 11.5. The standard InChI is InChI=1S/C18H17FN2O2S/c1-21(11-12-6-2-3-7-13(12)19)17(22)10-16-18(23)20-14-8-4-5-9-15(14)24-16/h2-9,16H,10-11H2,1H3,(H,20,23)/t16-/m1/s1. The van der Waals surface area contributed by atoms with Crippen LogP contribution in [0.5, 0.6) is 0 Å². The highest BCUT2D eigenvalue weighted by atomic mass is 32.2. The van der Waals surface area contributed by atoms with E-state index in [0.29, 0.717) is 5.56 Å². The Hall–Kier alpha value is -2.34. The van der Waals surface area contributed by atoms with E-state index >= 15 is 0 Å². The molecule has 1 aliphatic heterocycles. The second-order valence-corrected chi connectivity index (χ2v) is 6.88. The topological polar surface area (TPSA) is 49.4 Å². The fourth-order valence-corrected chi connectivity index (χ4v) is 3.61. The zero-order valence-electron chi connectivity index (χ0n) is 13.2. The maximum atomic E-state index is 13.7. The SMILES string of the molecule is CN(Cc1ccccc1F)C(=O)C[C@H]1Sc2ccccc2NC1=O. The van der Waals surface area contributed by atoms with Crippen LogP contribution in [0.3, 0.4) is 0 Å². The molecule has 0 bridgehead atoms. The maximum absolute atomic E-state index is 13.7. The Balaban J connectivity index is 1.64. The van der Waals surface area contributed by atoms with Crippen molar-refractivity contribution in [1.82, 2.24) is 4.90 Å². The molecule has 6 heteroatoms. The van der Waals surface area contributed by atoms with Crippen molar-refractivity contribution in [2.24, 2.45) is 0 Å². The summed E-state index contributed by atoms with van der Waals surface area (Å²) in [6.07, 6.45) is 0.0792. The number of nitrogens with one attached hydrogen (secondary N) is 1. The van der Waals surface area contributed by atoms with Crippen molar-refractivity contribution in [3.05, 3.63) is 59.9 Å². The van der Waals surface area contributed by atoms with Gasteiger partial charge < -0.3 is 10.2 Å². The average molecular weight is 344 g/mol. The molecule has 24 heavy (non-hydrogen) atoms. The molecule has 1 aliphatic rings. The fourth-order valence-electron chi connectivity index (χ4n) is 2.51. The minimum atomic E-state index is -0.476. The summed E-state index contributed by atoms with van der Waals surface area (Å²) < 4.78 is 13.7. The molecular formula is C18H17FN2O2S. The van der Waals surface area contributed by atoms with Gasteiger partial charge in [-0.05, 0) is 18.2 Å². The average Bonchev–Trinajstić information content (AvgIpc) is 2.57.